The summed E-state index contributed by atoms with van der Waals surface area (Å²) < 4.78 is 0. The molecular weight excluding hydrogens is 298 g/mol. The maximum Gasteiger partial charge on any atom is 0.258 e. The first kappa shape index (κ1) is 13.0. The number of aromatic nitrogens is 3. The Morgan fingerprint density at radius 2 is 1.89 bits per heavy atom. The first-order valence-corrected chi connectivity index (χ1v) is 5.81. The van der Waals surface area contributed by atoms with Crippen molar-refractivity contribution in [2.24, 2.45) is 0 Å². The van der Waals surface area contributed by atoms with Crippen molar-refractivity contribution in [3.8, 4) is 0 Å². The fourth-order valence-corrected chi connectivity index (χ4v) is 1.69. The Kier molecular flexibility index (Phi) is 3.96. The summed E-state index contributed by atoms with van der Waals surface area (Å²) in [7, 11) is 0. The van der Waals surface area contributed by atoms with Gasteiger partial charge < -0.3 is 5.32 Å². The van der Waals surface area contributed by atoms with Gasteiger partial charge in [0, 0.05) is 11.9 Å². The number of amides is 1. The molecule has 0 fully saturated rings. The minimum Gasteiger partial charge on any atom is -0.322 e. The van der Waals surface area contributed by atoms with E-state index in [-0.39, 0.29) is 21.0 Å². The van der Waals surface area contributed by atoms with Crippen LogP contribution in [0.4, 0.5) is 5.69 Å². The van der Waals surface area contributed by atoms with Gasteiger partial charge in [0.2, 0.25) is 0 Å². The quantitative estimate of drug-likeness (QED) is 0.866. The van der Waals surface area contributed by atoms with Crippen molar-refractivity contribution in [2.45, 2.75) is 0 Å². The smallest absolute Gasteiger partial charge is 0.258 e. The standard InChI is InChI=1S/C10H5Cl3N4O/c11-7-3-5(1-2-14-7)15-10(18)6-4-8(12)16-17-9(6)13/h1-4H,(H,14,15,18). The van der Waals surface area contributed by atoms with Crippen LogP contribution in [-0.2, 0) is 0 Å². The summed E-state index contributed by atoms with van der Waals surface area (Å²) in [6.45, 7) is 0. The van der Waals surface area contributed by atoms with E-state index in [0.29, 0.717) is 5.69 Å². The Bertz CT molecular complexity index is 605. The second kappa shape index (κ2) is 5.48. The number of nitrogens with one attached hydrogen (secondary N) is 1. The maximum atomic E-state index is 11.9. The number of carbonyl (C=O) groups is 1. The van der Waals surface area contributed by atoms with Gasteiger partial charge in [0.25, 0.3) is 5.91 Å². The number of hydrogen-bond acceptors (Lipinski definition) is 4. The summed E-state index contributed by atoms with van der Waals surface area (Å²) in [5.74, 6) is -0.459. The Balaban J connectivity index is 2.24. The SMILES string of the molecule is O=C(Nc1ccnc(Cl)c1)c1cc(Cl)nnc1Cl. The number of nitrogens with zero attached hydrogens (tertiary/aromatic N) is 3. The molecule has 0 atom stereocenters. The molecule has 0 aliphatic heterocycles. The summed E-state index contributed by atoms with van der Waals surface area (Å²) in [5.41, 5.74) is 0.619. The molecule has 1 N–H and O–H groups in total. The van der Waals surface area contributed by atoms with E-state index < -0.39 is 5.91 Å². The van der Waals surface area contributed by atoms with E-state index in [1.54, 1.807) is 6.07 Å². The molecule has 92 valence electrons. The van der Waals surface area contributed by atoms with E-state index in [4.69, 9.17) is 34.8 Å². The highest BCUT2D eigenvalue weighted by atomic mass is 35.5. The van der Waals surface area contributed by atoms with Crippen molar-refractivity contribution in [3.05, 3.63) is 45.4 Å². The summed E-state index contributed by atoms with van der Waals surface area (Å²) in [5, 5.41) is 9.97. The van der Waals surface area contributed by atoms with Gasteiger partial charge in [0.1, 0.15) is 5.15 Å². The van der Waals surface area contributed by atoms with Crippen molar-refractivity contribution in [1.82, 2.24) is 15.2 Å². The lowest BCUT2D eigenvalue weighted by Gasteiger charge is -2.06. The Morgan fingerprint density at radius 3 is 2.61 bits per heavy atom. The Labute approximate surface area is 117 Å². The van der Waals surface area contributed by atoms with Crippen LogP contribution in [0.1, 0.15) is 10.4 Å². The molecule has 2 aromatic heterocycles. The van der Waals surface area contributed by atoms with E-state index >= 15 is 0 Å². The molecule has 0 aromatic carbocycles. The fraction of sp³-hybridized carbons (Fsp3) is 0. The summed E-state index contributed by atoms with van der Waals surface area (Å²) in [6.07, 6.45) is 1.47. The third-order valence-electron chi connectivity index (χ3n) is 1.95. The highest BCUT2D eigenvalue weighted by Crippen LogP contribution is 2.18. The van der Waals surface area contributed by atoms with E-state index in [2.05, 4.69) is 20.5 Å². The second-order valence-corrected chi connectivity index (χ2v) is 4.33. The predicted molar refractivity (Wildman–Crippen MR) is 69.3 cm³/mol. The lowest BCUT2D eigenvalue weighted by atomic mass is 10.3. The van der Waals surface area contributed by atoms with Gasteiger partial charge in [-0.15, -0.1) is 10.2 Å². The van der Waals surface area contributed by atoms with E-state index in [0.717, 1.165) is 0 Å². The average molecular weight is 304 g/mol. The minimum absolute atomic E-state index is 0.0305. The van der Waals surface area contributed by atoms with Crippen LogP contribution >= 0.6 is 34.8 Å². The van der Waals surface area contributed by atoms with Crippen molar-refractivity contribution < 1.29 is 4.79 Å². The molecule has 8 heteroatoms. The second-order valence-electron chi connectivity index (χ2n) is 3.19. The van der Waals surface area contributed by atoms with Crippen molar-refractivity contribution >= 4 is 46.4 Å². The van der Waals surface area contributed by atoms with Gasteiger partial charge in [0.05, 0.1) is 5.56 Å². The Hall–Kier alpha value is -1.43. The van der Waals surface area contributed by atoms with Gasteiger partial charge in [-0.1, -0.05) is 34.8 Å². The van der Waals surface area contributed by atoms with E-state index in [1.165, 1.54) is 18.3 Å². The fourth-order valence-electron chi connectivity index (χ4n) is 1.19. The normalized spacial score (nSPS) is 10.2. The topological polar surface area (TPSA) is 67.8 Å². The Morgan fingerprint density at radius 1 is 1.11 bits per heavy atom. The van der Waals surface area contributed by atoms with Crippen LogP contribution in [0.2, 0.25) is 15.5 Å². The molecular formula is C10H5Cl3N4O. The van der Waals surface area contributed by atoms with Gasteiger partial charge in [-0.3, -0.25) is 4.79 Å². The molecule has 5 nitrogen and oxygen atoms in total. The number of carbonyl (C=O) groups excluding carboxylic acids is 1. The molecule has 0 bridgehead atoms. The predicted octanol–water partition coefficient (Wildman–Crippen LogP) is 3.08. The summed E-state index contributed by atoms with van der Waals surface area (Å²) in [4.78, 5) is 15.7. The van der Waals surface area contributed by atoms with Gasteiger partial charge >= 0.3 is 0 Å². The molecule has 2 rings (SSSR count). The average Bonchev–Trinajstić information content (AvgIpc) is 2.32. The third-order valence-corrected chi connectivity index (χ3v) is 2.62. The van der Waals surface area contributed by atoms with Crippen molar-refractivity contribution in [3.63, 3.8) is 0 Å². The number of hydrogen-bond donors (Lipinski definition) is 1. The van der Waals surface area contributed by atoms with Crippen LogP contribution in [0.5, 0.6) is 0 Å². The molecule has 18 heavy (non-hydrogen) atoms. The highest BCUT2D eigenvalue weighted by Gasteiger charge is 2.13. The highest BCUT2D eigenvalue weighted by molar-refractivity contribution is 6.34. The van der Waals surface area contributed by atoms with Gasteiger partial charge in [-0.05, 0) is 18.2 Å². The van der Waals surface area contributed by atoms with Gasteiger partial charge in [0.15, 0.2) is 10.3 Å². The number of halogens is 3. The number of rotatable bonds is 2. The minimum atomic E-state index is -0.459. The van der Waals surface area contributed by atoms with E-state index in [9.17, 15) is 4.79 Å². The zero-order valence-electron chi connectivity index (χ0n) is 8.69. The maximum absolute atomic E-state index is 11.9. The van der Waals surface area contributed by atoms with Crippen LogP contribution in [0.3, 0.4) is 0 Å². The van der Waals surface area contributed by atoms with Gasteiger partial charge in [-0.25, -0.2) is 4.98 Å². The number of anilines is 1. The lowest BCUT2D eigenvalue weighted by Crippen LogP contribution is -2.13. The van der Waals surface area contributed by atoms with E-state index in [1.807, 2.05) is 0 Å². The van der Waals surface area contributed by atoms with Crippen LogP contribution in [-0.4, -0.2) is 21.1 Å². The molecule has 1 amide bonds. The zero-order valence-corrected chi connectivity index (χ0v) is 11.0. The molecule has 0 aliphatic carbocycles. The zero-order chi connectivity index (χ0) is 13.1. The van der Waals surface area contributed by atoms with Crippen LogP contribution in [0, 0.1) is 0 Å². The molecule has 0 saturated carbocycles. The molecule has 2 heterocycles. The van der Waals surface area contributed by atoms with Gasteiger partial charge in [-0.2, -0.15) is 0 Å². The molecule has 0 aliphatic rings. The van der Waals surface area contributed by atoms with Crippen LogP contribution < -0.4 is 5.32 Å². The molecule has 2 aromatic rings. The summed E-state index contributed by atoms with van der Waals surface area (Å²) in [6, 6.07) is 4.42. The summed E-state index contributed by atoms with van der Waals surface area (Å²) >= 11 is 17.1. The third kappa shape index (κ3) is 3.07. The monoisotopic (exact) mass is 302 g/mol. The molecule has 0 spiro atoms. The molecule has 0 unspecified atom stereocenters. The van der Waals surface area contributed by atoms with Crippen LogP contribution in [0.15, 0.2) is 24.4 Å². The number of pyridine rings is 1. The molecule has 0 saturated heterocycles. The molecule has 0 radical (unpaired) electrons. The van der Waals surface area contributed by atoms with Crippen molar-refractivity contribution in [1.29, 1.82) is 0 Å². The first-order valence-electron chi connectivity index (χ1n) is 4.68. The lowest BCUT2D eigenvalue weighted by molar-refractivity contribution is 0.102. The van der Waals surface area contributed by atoms with Crippen molar-refractivity contribution in [2.75, 3.05) is 5.32 Å². The van der Waals surface area contributed by atoms with Crippen LogP contribution in [0.25, 0.3) is 0 Å². The first-order chi connectivity index (χ1) is 8.56. The largest absolute Gasteiger partial charge is 0.322 e.